The van der Waals surface area contributed by atoms with Gasteiger partial charge in [-0.3, -0.25) is 9.36 Å². The minimum absolute atomic E-state index is 0.0176. The topological polar surface area (TPSA) is 105 Å². The number of rotatable bonds is 21. The molecule has 0 radical (unpaired) electrons. The van der Waals surface area contributed by atoms with Crippen LogP contribution in [0.3, 0.4) is 0 Å². The van der Waals surface area contributed by atoms with Gasteiger partial charge in [-0.2, -0.15) is 0 Å². The van der Waals surface area contributed by atoms with Crippen LogP contribution in [0.25, 0.3) is 0 Å². The van der Waals surface area contributed by atoms with E-state index in [2.05, 4.69) is 60.1 Å². The summed E-state index contributed by atoms with van der Waals surface area (Å²) < 4.78 is 26.6. The second-order valence-corrected chi connectivity index (χ2v) is 10.6. The zero-order valence-corrected chi connectivity index (χ0v) is 22.9. The number of quaternary nitrogens is 1. The maximum absolute atomic E-state index is 11.8. The Balaban J connectivity index is 3.75. The third-order valence-electron chi connectivity index (χ3n) is 4.59. The van der Waals surface area contributed by atoms with Crippen molar-refractivity contribution in [2.75, 3.05) is 47.5 Å². The van der Waals surface area contributed by atoms with Gasteiger partial charge in [0, 0.05) is 6.42 Å². The van der Waals surface area contributed by atoms with Crippen molar-refractivity contribution in [3.8, 4) is 0 Å². The number of aliphatic hydroxyl groups excluding tert-OH is 1. The number of carbonyl (C=O) groups excluding carboxylic acids is 1. The van der Waals surface area contributed by atoms with Crippen LogP contribution in [0.5, 0.6) is 0 Å². The minimum Gasteiger partial charge on any atom is -0.756 e. The molecule has 0 aliphatic heterocycles. The molecule has 0 spiro atoms. The van der Waals surface area contributed by atoms with Crippen LogP contribution in [0.15, 0.2) is 48.6 Å². The molecular formula is C26H46NO7P. The van der Waals surface area contributed by atoms with Gasteiger partial charge in [0.1, 0.15) is 25.9 Å². The van der Waals surface area contributed by atoms with Gasteiger partial charge in [0.2, 0.25) is 0 Å². The Hall–Kier alpha value is -1.54. The lowest BCUT2D eigenvalue weighted by Crippen LogP contribution is -2.37. The van der Waals surface area contributed by atoms with Gasteiger partial charge in [-0.1, -0.05) is 55.5 Å². The number of phosphoric acid groups is 1. The van der Waals surface area contributed by atoms with Crippen LogP contribution in [0.2, 0.25) is 0 Å². The summed E-state index contributed by atoms with van der Waals surface area (Å²) in [6.07, 6.45) is 22.5. The highest BCUT2D eigenvalue weighted by Crippen LogP contribution is 2.38. The minimum atomic E-state index is -4.50. The van der Waals surface area contributed by atoms with Crippen LogP contribution >= 0.6 is 7.82 Å². The molecule has 0 aromatic carbocycles. The van der Waals surface area contributed by atoms with E-state index in [1.807, 2.05) is 21.1 Å². The predicted octanol–water partition coefficient (Wildman–Crippen LogP) is 4.46. The molecule has 0 fully saturated rings. The monoisotopic (exact) mass is 515 g/mol. The number of nitrogens with zero attached hydrogens (tertiary/aromatic N) is 1. The maximum Gasteiger partial charge on any atom is 0.305 e. The van der Waals surface area contributed by atoms with E-state index in [9.17, 15) is 19.4 Å². The molecule has 8 nitrogen and oxygen atoms in total. The van der Waals surface area contributed by atoms with Crippen LogP contribution in [0.4, 0.5) is 0 Å². The molecule has 0 bridgehead atoms. The van der Waals surface area contributed by atoms with Gasteiger partial charge in [-0.15, -0.1) is 0 Å². The normalized spacial score (nSPS) is 15.5. The number of likely N-dealkylation sites (N-methyl/N-ethyl adjacent to an activating group) is 1. The summed E-state index contributed by atoms with van der Waals surface area (Å²) in [6.45, 7) is 1.75. The van der Waals surface area contributed by atoms with Crippen molar-refractivity contribution in [1.29, 1.82) is 0 Å². The fraction of sp³-hybridized carbons (Fsp3) is 0.654. The van der Waals surface area contributed by atoms with Crippen molar-refractivity contribution in [3.05, 3.63) is 48.6 Å². The molecule has 0 saturated carbocycles. The quantitative estimate of drug-likeness (QED) is 0.0791. The summed E-state index contributed by atoms with van der Waals surface area (Å²) in [7, 11) is 1.21. The second-order valence-electron chi connectivity index (χ2n) is 9.17. The Morgan fingerprint density at radius 1 is 0.914 bits per heavy atom. The van der Waals surface area contributed by atoms with E-state index in [-0.39, 0.29) is 19.6 Å². The number of ether oxygens (including phenoxy) is 1. The summed E-state index contributed by atoms with van der Waals surface area (Å²) in [5, 5.41) is 9.78. The highest BCUT2D eigenvalue weighted by Gasteiger charge is 2.16. The molecule has 35 heavy (non-hydrogen) atoms. The van der Waals surface area contributed by atoms with Crippen molar-refractivity contribution in [2.24, 2.45) is 0 Å². The lowest BCUT2D eigenvalue weighted by Gasteiger charge is -2.27. The Morgan fingerprint density at radius 2 is 1.49 bits per heavy atom. The molecule has 0 saturated heterocycles. The molecular weight excluding hydrogens is 469 g/mol. The Morgan fingerprint density at radius 3 is 2.06 bits per heavy atom. The first-order valence-corrected chi connectivity index (χ1v) is 13.9. The van der Waals surface area contributed by atoms with Gasteiger partial charge in [-0.25, -0.2) is 0 Å². The van der Waals surface area contributed by atoms with E-state index in [0.29, 0.717) is 17.4 Å². The van der Waals surface area contributed by atoms with E-state index < -0.39 is 26.5 Å². The summed E-state index contributed by atoms with van der Waals surface area (Å²) in [5.74, 6) is -0.432. The number of aliphatic hydroxyl groups is 1. The smallest absolute Gasteiger partial charge is 0.305 e. The summed E-state index contributed by atoms with van der Waals surface area (Å²) in [6, 6.07) is 0. The second kappa shape index (κ2) is 20.6. The van der Waals surface area contributed by atoms with Crippen molar-refractivity contribution in [2.45, 2.75) is 64.4 Å². The summed E-state index contributed by atoms with van der Waals surface area (Å²) in [5.41, 5.74) is 0. The van der Waals surface area contributed by atoms with Crippen LogP contribution in [0, 0.1) is 0 Å². The largest absolute Gasteiger partial charge is 0.756 e. The number of phosphoric ester groups is 1. The van der Waals surface area contributed by atoms with Crippen molar-refractivity contribution >= 4 is 13.8 Å². The molecule has 0 aliphatic carbocycles. The molecule has 202 valence electrons. The zero-order chi connectivity index (χ0) is 26.4. The number of carbonyl (C=O) groups is 1. The van der Waals surface area contributed by atoms with Crippen molar-refractivity contribution < 1.29 is 37.6 Å². The molecule has 2 unspecified atom stereocenters. The maximum atomic E-state index is 11.8. The van der Waals surface area contributed by atoms with Gasteiger partial charge in [-0.05, 0) is 44.9 Å². The van der Waals surface area contributed by atoms with E-state index in [0.717, 1.165) is 38.5 Å². The molecule has 0 heterocycles. The lowest BCUT2D eigenvalue weighted by molar-refractivity contribution is -0.870. The third-order valence-corrected chi connectivity index (χ3v) is 5.56. The molecule has 0 amide bonds. The van der Waals surface area contributed by atoms with Gasteiger partial charge in [0.25, 0.3) is 7.82 Å². The number of allylic oxidation sites excluding steroid dienone is 8. The Bertz CT molecular complexity index is 711. The van der Waals surface area contributed by atoms with Crippen LogP contribution < -0.4 is 4.89 Å². The highest BCUT2D eigenvalue weighted by molar-refractivity contribution is 7.45. The predicted molar refractivity (Wildman–Crippen MR) is 139 cm³/mol. The highest BCUT2D eigenvalue weighted by atomic mass is 31.2. The van der Waals surface area contributed by atoms with Gasteiger partial charge < -0.3 is 28.3 Å². The standard InChI is InChI=1S/C26H46NO7P/c1-5-6-7-8-9-10-11-12-13-14-15-16-17-18-19-20-26(29)32-23-25(28)24-34-35(30,31)33-22-21-27(2,3)4/h6-7,9-10,12-13,15-16,25,28H,5,8,11,14,17-24H2,1-4H3/b7-6-,10-9-,13-12-,16-15-. The van der Waals surface area contributed by atoms with Gasteiger partial charge >= 0.3 is 5.97 Å². The first-order valence-electron chi connectivity index (χ1n) is 12.4. The summed E-state index contributed by atoms with van der Waals surface area (Å²) in [4.78, 5) is 23.4. The summed E-state index contributed by atoms with van der Waals surface area (Å²) >= 11 is 0. The number of unbranched alkanes of at least 4 members (excludes halogenated alkanes) is 2. The Kier molecular flexibility index (Phi) is 19.7. The Labute approximate surface area is 212 Å². The van der Waals surface area contributed by atoms with Crippen molar-refractivity contribution in [1.82, 2.24) is 0 Å². The van der Waals surface area contributed by atoms with Gasteiger partial charge in [0.05, 0.1) is 27.7 Å². The SMILES string of the molecule is CC/C=C\C/C=C\C/C=C\C/C=C\CCCCC(=O)OCC(O)COP(=O)([O-])OCC[N+](C)(C)C. The number of hydrogen-bond donors (Lipinski definition) is 1. The van der Waals surface area contributed by atoms with Crippen molar-refractivity contribution in [3.63, 3.8) is 0 Å². The average molecular weight is 516 g/mol. The van der Waals surface area contributed by atoms with Gasteiger partial charge in [0.15, 0.2) is 0 Å². The van der Waals surface area contributed by atoms with Crippen LogP contribution in [-0.4, -0.2) is 69.2 Å². The molecule has 9 heteroatoms. The molecule has 0 aromatic rings. The van der Waals surface area contributed by atoms with E-state index in [4.69, 9.17) is 9.26 Å². The molecule has 0 aliphatic rings. The van der Waals surface area contributed by atoms with Crippen LogP contribution in [0.1, 0.15) is 58.3 Å². The average Bonchev–Trinajstić information content (AvgIpc) is 2.78. The molecule has 0 aromatic heterocycles. The molecule has 1 N–H and O–H groups in total. The first-order chi connectivity index (χ1) is 16.6. The number of esters is 1. The third kappa shape index (κ3) is 25.4. The molecule has 2 atom stereocenters. The fourth-order valence-corrected chi connectivity index (χ4v) is 3.31. The molecule has 0 rings (SSSR count). The van der Waals surface area contributed by atoms with E-state index in [1.54, 1.807) is 0 Å². The number of hydrogen-bond acceptors (Lipinski definition) is 7. The zero-order valence-electron chi connectivity index (χ0n) is 22.0. The first kappa shape index (κ1) is 33.5. The van der Waals surface area contributed by atoms with Crippen LogP contribution in [-0.2, 0) is 23.1 Å². The van der Waals surface area contributed by atoms with E-state index in [1.165, 1.54) is 0 Å². The lowest BCUT2D eigenvalue weighted by atomic mass is 10.2. The van der Waals surface area contributed by atoms with E-state index >= 15 is 0 Å². The fourth-order valence-electron chi connectivity index (χ4n) is 2.58.